The SMILES string of the molecule is Cc1cn(C2CCC(CC3CNC3)C2)c2ncnc(Cl)c12. The molecule has 0 aromatic carbocycles. The molecule has 2 aliphatic rings. The third-order valence-electron chi connectivity index (χ3n) is 5.19. The molecule has 0 bridgehead atoms. The fraction of sp³-hybridized carbons (Fsp3) is 0.625. The van der Waals surface area contributed by atoms with E-state index in [0.717, 1.165) is 22.9 Å². The summed E-state index contributed by atoms with van der Waals surface area (Å²) in [5.41, 5.74) is 2.19. The van der Waals surface area contributed by atoms with Gasteiger partial charge < -0.3 is 9.88 Å². The number of aryl methyl sites for hydroxylation is 1. The van der Waals surface area contributed by atoms with Gasteiger partial charge in [0.15, 0.2) is 0 Å². The first-order valence-electron chi connectivity index (χ1n) is 7.90. The molecule has 1 aliphatic carbocycles. The van der Waals surface area contributed by atoms with Crippen molar-refractivity contribution in [3.8, 4) is 0 Å². The fourth-order valence-corrected chi connectivity index (χ4v) is 4.28. The number of fused-ring (bicyclic) bond motifs is 1. The molecule has 1 aliphatic heterocycles. The lowest BCUT2D eigenvalue weighted by Crippen LogP contribution is -2.42. The van der Waals surface area contributed by atoms with Crippen LogP contribution in [-0.2, 0) is 0 Å². The third kappa shape index (κ3) is 2.34. The Morgan fingerprint density at radius 2 is 2.14 bits per heavy atom. The highest BCUT2D eigenvalue weighted by molar-refractivity contribution is 6.34. The third-order valence-corrected chi connectivity index (χ3v) is 5.48. The van der Waals surface area contributed by atoms with E-state index in [2.05, 4.69) is 33.0 Å². The van der Waals surface area contributed by atoms with Gasteiger partial charge in [-0.3, -0.25) is 0 Å². The van der Waals surface area contributed by atoms with E-state index in [1.807, 2.05) is 0 Å². The van der Waals surface area contributed by atoms with Crippen molar-refractivity contribution in [2.45, 2.75) is 38.6 Å². The van der Waals surface area contributed by atoms with Gasteiger partial charge in [0.25, 0.3) is 0 Å². The zero-order valence-corrected chi connectivity index (χ0v) is 13.1. The molecule has 5 heteroatoms. The fourth-order valence-electron chi connectivity index (χ4n) is 4.00. The van der Waals surface area contributed by atoms with Gasteiger partial charge in [-0.05, 0) is 63.1 Å². The highest BCUT2D eigenvalue weighted by atomic mass is 35.5. The van der Waals surface area contributed by atoms with Crippen LogP contribution >= 0.6 is 11.6 Å². The monoisotopic (exact) mass is 304 g/mol. The summed E-state index contributed by atoms with van der Waals surface area (Å²) < 4.78 is 2.34. The van der Waals surface area contributed by atoms with Crippen LogP contribution in [0, 0.1) is 18.8 Å². The van der Waals surface area contributed by atoms with E-state index in [0.29, 0.717) is 11.2 Å². The molecule has 1 N–H and O–H groups in total. The molecule has 1 saturated carbocycles. The molecule has 2 aromatic rings. The van der Waals surface area contributed by atoms with Gasteiger partial charge >= 0.3 is 0 Å². The first kappa shape index (κ1) is 13.5. The topological polar surface area (TPSA) is 42.7 Å². The standard InChI is InChI=1S/C16H21ClN4/c1-10-8-21(16-14(10)15(17)19-9-20-16)13-3-2-11(5-13)4-12-6-18-7-12/h8-9,11-13,18H,2-7H2,1H3. The average molecular weight is 305 g/mol. The molecule has 2 fully saturated rings. The predicted molar refractivity (Wildman–Crippen MR) is 84.6 cm³/mol. The van der Waals surface area contributed by atoms with Crippen molar-refractivity contribution in [2.75, 3.05) is 13.1 Å². The minimum Gasteiger partial charge on any atom is -0.329 e. The highest BCUT2D eigenvalue weighted by Gasteiger charge is 2.30. The number of halogens is 1. The molecular formula is C16H21ClN4. The number of hydrogen-bond acceptors (Lipinski definition) is 3. The van der Waals surface area contributed by atoms with Crippen molar-refractivity contribution in [1.29, 1.82) is 0 Å². The molecule has 1 saturated heterocycles. The maximum atomic E-state index is 6.23. The summed E-state index contributed by atoms with van der Waals surface area (Å²) in [6, 6.07) is 0.574. The number of rotatable bonds is 3. The summed E-state index contributed by atoms with van der Waals surface area (Å²) >= 11 is 6.23. The maximum Gasteiger partial charge on any atom is 0.145 e. The van der Waals surface area contributed by atoms with Crippen molar-refractivity contribution in [1.82, 2.24) is 19.9 Å². The van der Waals surface area contributed by atoms with Gasteiger partial charge in [-0.15, -0.1) is 0 Å². The quantitative estimate of drug-likeness (QED) is 0.884. The molecule has 4 nitrogen and oxygen atoms in total. The average Bonchev–Trinajstić information content (AvgIpc) is 3.00. The Kier molecular flexibility index (Phi) is 3.38. The molecule has 0 radical (unpaired) electrons. The molecule has 2 aromatic heterocycles. The van der Waals surface area contributed by atoms with Gasteiger partial charge in [-0.1, -0.05) is 11.6 Å². The lowest BCUT2D eigenvalue weighted by atomic mass is 9.89. The Morgan fingerprint density at radius 1 is 1.29 bits per heavy atom. The Bertz CT molecular complexity index is 662. The second-order valence-corrected chi connectivity index (χ2v) is 7.03. The summed E-state index contributed by atoms with van der Waals surface area (Å²) in [6.07, 6.45) is 9.06. The van der Waals surface area contributed by atoms with Gasteiger partial charge in [0.05, 0.1) is 5.39 Å². The van der Waals surface area contributed by atoms with Crippen LogP contribution in [0.4, 0.5) is 0 Å². The zero-order chi connectivity index (χ0) is 14.4. The van der Waals surface area contributed by atoms with E-state index < -0.39 is 0 Å². The molecule has 0 amide bonds. The highest BCUT2D eigenvalue weighted by Crippen LogP contribution is 2.40. The van der Waals surface area contributed by atoms with E-state index in [1.54, 1.807) is 6.33 Å². The number of nitrogens with zero attached hydrogens (tertiary/aromatic N) is 3. The molecule has 2 atom stereocenters. The minimum absolute atomic E-state index is 0.574. The molecule has 2 unspecified atom stereocenters. The van der Waals surface area contributed by atoms with Crippen molar-refractivity contribution in [3.05, 3.63) is 23.2 Å². The Labute approximate surface area is 129 Å². The first-order chi connectivity index (χ1) is 10.2. The molecule has 21 heavy (non-hydrogen) atoms. The Morgan fingerprint density at radius 3 is 2.90 bits per heavy atom. The summed E-state index contributed by atoms with van der Waals surface area (Å²) in [6.45, 7) is 4.53. The van der Waals surface area contributed by atoms with E-state index >= 15 is 0 Å². The van der Waals surface area contributed by atoms with Crippen LogP contribution in [0.15, 0.2) is 12.5 Å². The summed E-state index contributed by atoms with van der Waals surface area (Å²) in [4.78, 5) is 8.59. The molecule has 0 spiro atoms. The lowest BCUT2D eigenvalue weighted by Gasteiger charge is -2.29. The van der Waals surface area contributed by atoms with Crippen LogP contribution in [0.1, 0.15) is 37.3 Å². The van der Waals surface area contributed by atoms with E-state index in [9.17, 15) is 0 Å². The maximum absolute atomic E-state index is 6.23. The van der Waals surface area contributed by atoms with Gasteiger partial charge in [-0.25, -0.2) is 9.97 Å². The van der Waals surface area contributed by atoms with Crippen molar-refractivity contribution >= 4 is 22.6 Å². The van der Waals surface area contributed by atoms with Gasteiger partial charge in [0, 0.05) is 12.2 Å². The molecule has 4 rings (SSSR count). The Hall–Kier alpha value is -1.13. The molecule has 3 heterocycles. The van der Waals surface area contributed by atoms with Crippen LogP contribution < -0.4 is 5.32 Å². The summed E-state index contributed by atoms with van der Waals surface area (Å²) in [7, 11) is 0. The second-order valence-electron chi connectivity index (χ2n) is 6.68. The second kappa shape index (κ2) is 5.25. The van der Waals surface area contributed by atoms with Crippen LogP contribution in [0.25, 0.3) is 11.0 Å². The number of hydrogen-bond donors (Lipinski definition) is 1. The largest absolute Gasteiger partial charge is 0.329 e. The summed E-state index contributed by atoms with van der Waals surface area (Å²) in [5, 5.41) is 4.97. The van der Waals surface area contributed by atoms with Gasteiger partial charge in [-0.2, -0.15) is 0 Å². The molecular weight excluding hydrogens is 284 g/mol. The van der Waals surface area contributed by atoms with E-state index in [1.165, 1.54) is 44.3 Å². The minimum atomic E-state index is 0.574. The van der Waals surface area contributed by atoms with Crippen LogP contribution in [0.5, 0.6) is 0 Å². The van der Waals surface area contributed by atoms with Crippen LogP contribution in [0.2, 0.25) is 5.15 Å². The van der Waals surface area contributed by atoms with Crippen molar-refractivity contribution < 1.29 is 0 Å². The predicted octanol–water partition coefficient (Wildman–Crippen LogP) is 3.34. The first-order valence-corrected chi connectivity index (χ1v) is 8.28. The smallest absolute Gasteiger partial charge is 0.145 e. The van der Waals surface area contributed by atoms with Gasteiger partial charge in [0.2, 0.25) is 0 Å². The van der Waals surface area contributed by atoms with Crippen LogP contribution in [0.3, 0.4) is 0 Å². The normalized spacial score (nSPS) is 26.4. The number of aromatic nitrogens is 3. The van der Waals surface area contributed by atoms with Crippen molar-refractivity contribution in [3.63, 3.8) is 0 Å². The number of nitrogens with one attached hydrogen (secondary N) is 1. The summed E-state index contributed by atoms with van der Waals surface area (Å²) in [5.74, 6) is 1.78. The Balaban J connectivity index is 1.58. The lowest BCUT2D eigenvalue weighted by molar-refractivity contribution is 0.273. The molecule has 112 valence electrons. The zero-order valence-electron chi connectivity index (χ0n) is 12.3. The van der Waals surface area contributed by atoms with E-state index in [4.69, 9.17) is 11.6 Å². The van der Waals surface area contributed by atoms with Crippen molar-refractivity contribution in [2.24, 2.45) is 11.8 Å². The van der Waals surface area contributed by atoms with E-state index in [-0.39, 0.29) is 0 Å². The van der Waals surface area contributed by atoms with Crippen LogP contribution in [-0.4, -0.2) is 27.6 Å². The van der Waals surface area contributed by atoms with Gasteiger partial charge in [0.1, 0.15) is 17.1 Å².